The molecule has 0 aliphatic rings. The number of hydrogen-bond acceptors (Lipinski definition) is 4. The van der Waals surface area contributed by atoms with Crippen LogP contribution in [0.25, 0.3) is 0 Å². The summed E-state index contributed by atoms with van der Waals surface area (Å²) in [4.78, 5) is 8.27. The van der Waals surface area contributed by atoms with Crippen LogP contribution in [0.3, 0.4) is 0 Å². The molecule has 0 amide bonds. The molecule has 94 valence electrons. The molecule has 0 atom stereocenters. The normalized spacial score (nSPS) is 10.2. The molecule has 4 nitrogen and oxygen atoms in total. The van der Waals surface area contributed by atoms with Gasteiger partial charge in [-0.2, -0.15) is 0 Å². The molecule has 0 radical (unpaired) electrons. The van der Waals surface area contributed by atoms with E-state index in [1.165, 1.54) is 6.33 Å². The van der Waals surface area contributed by atoms with Crippen molar-refractivity contribution in [3.63, 3.8) is 0 Å². The maximum Gasteiger partial charge on any atom is 0.146 e. The molecule has 0 spiro atoms. The number of halogens is 2. The van der Waals surface area contributed by atoms with Gasteiger partial charge in [-0.25, -0.2) is 9.97 Å². The van der Waals surface area contributed by atoms with Crippen molar-refractivity contribution in [2.24, 2.45) is 0 Å². The Morgan fingerprint density at radius 3 is 2.67 bits per heavy atom. The van der Waals surface area contributed by atoms with Gasteiger partial charge in [0, 0.05) is 18.6 Å². The van der Waals surface area contributed by atoms with Crippen molar-refractivity contribution in [3.05, 3.63) is 45.7 Å². The molecular weight excluding hydrogens is 316 g/mol. The second kappa shape index (κ2) is 6.02. The Bertz CT molecular complexity index is 547. The second-order valence-corrected chi connectivity index (χ2v) is 4.78. The molecule has 2 rings (SSSR count). The SMILES string of the molecule is CNc1ncnc(NCc2ccccc2Cl)c1Br. The topological polar surface area (TPSA) is 49.8 Å². The van der Waals surface area contributed by atoms with Crippen LogP contribution < -0.4 is 10.6 Å². The van der Waals surface area contributed by atoms with E-state index in [1.807, 2.05) is 31.3 Å². The van der Waals surface area contributed by atoms with E-state index in [0.29, 0.717) is 6.54 Å². The molecule has 0 saturated carbocycles. The van der Waals surface area contributed by atoms with E-state index in [-0.39, 0.29) is 0 Å². The molecule has 0 aliphatic heterocycles. The third kappa shape index (κ3) is 2.91. The summed E-state index contributed by atoms with van der Waals surface area (Å²) in [5.74, 6) is 1.47. The average molecular weight is 328 g/mol. The van der Waals surface area contributed by atoms with Gasteiger partial charge >= 0.3 is 0 Å². The number of rotatable bonds is 4. The largest absolute Gasteiger partial charge is 0.372 e. The van der Waals surface area contributed by atoms with Gasteiger partial charge in [0.15, 0.2) is 0 Å². The maximum absolute atomic E-state index is 6.09. The summed E-state index contributed by atoms with van der Waals surface area (Å²) in [5, 5.41) is 6.94. The molecule has 0 unspecified atom stereocenters. The fourth-order valence-corrected chi connectivity index (χ4v) is 2.23. The molecule has 2 N–H and O–H groups in total. The van der Waals surface area contributed by atoms with Crippen LogP contribution in [0.2, 0.25) is 5.02 Å². The molecule has 0 saturated heterocycles. The van der Waals surface area contributed by atoms with E-state index in [0.717, 1.165) is 26.7 Å². The van der Waals surface area contributed by atoms with E-state index in [9.17, 15) is 0 Å². The van der Waals surface area contributed by atoms with E-state index in [4.69, 9.17) is 11.6 Å². The Balaban J connectivity index is 2.14. The van der Waals surface area contributed by atoms with Crippen LogP contribution in [0.1, 0.15) is 5.56 Å². The van der Waals surface area contributed by atoms with Gasteiger partial charge in [0.05, 0.1) is 0 Å². The van der Waals surface area contributed by atoms with Gasteiger partial charge in [0.25, 0.3) is 0 Å². The standard InChI is InChI=1S/C12H12BrClN4/c1-15-11-10(13)12(18-7-17-11)16-6-8-4-2-3-5-9(8)14/h2-5,7H,6H2,1H3,(H2,15,16,17,18). The first kappa shape index (κ1) is 13.1. The predicted molar refractivity (Wildman–Crippen MR) is 78.1 cm³/mol. The lowest BCUT2D eigenvalue weighted by Gasteiger charge is -2.10. The highest BCUT2D eigenvalue weighted by atomic mass is 79.9. The Hall–Kier alpha value is -1.33. The fraction of sp³-hybridized carbons (Fsp3) is 0.167. The van der Waals surface area contributed by atoms with E-state index in [1.54, 1.807) is 0 Å². The monoisotopic (exact) mass is 326 g/mol. The van der Waals surface area contributed by atoms with Crippen molar-refractivity contribution in [1.82, 2.24) is 9.97 Å². The van der Waals surface area contributed by atoms with Crippen LogP contribution in [0.5, 0.6) is 0 Å². The summed E-state index contributed by atoms with van der Waals surface area (Å²) in [6.07, 6.45) is 1.51. The Morgan fingerprint density at radius 2 is 1.94 bits per heavy atom. The molecule has 1 aromatic heterocycles. The van der Waals surface area contributed by atoms with Crippen molar-refractivity contribution >= 4 is 39.2 Å². The lowest BCUT2D eigenvalue weighted by Crippen LogP contribution is -2.05. The van der Waals surface area contributed by atoms with Gasteiger partial charge in [0.2, 0.25) is 0 Å². The Labute approximate surface area is 119 Å². The van der Waals surface area contributed by atoms with Gasteiger partial charge in [-0.1, -0.05) is 29.8 Å². The van der Waals surface area contributed by atoms with Crippen LogP contribution >= 0.6 is 27.5 Å². The number of nitrogens with one attached hydrogen (secondary N) is 2. The van der Waals surface area contributed by atoms with Crippen molar-refractivity contribution in [3.8, 4) is 0 Å². The third-order valence-electron chi connectivity index (χ3n) is 2.43. The highest BCUT2D eigenvalue weighted by molar-refractivity contribution is 9.10. The molecular formula is C12H12BrClN4. The number of hydrogen-bond donors (Lipinski definition) is 2. The number of nitrogens with zero attached hydrogens (tertiary/aromatic N) is 2. The number of anilines is 2. The molecule has 18 heavy (non-hydrogen) atoms. The Morgan fingerprint density at radius 1 is 1.22 bits per heavy atom. The highest BCUT2D eigenvalue weighted by Crippen LogP contribution is 2.26. The zero-order valence-corrected chi connectivity index (χ0v) is 12.1. The van der Waals surface area contributed by atoms with Crippen LogP contribution in [0.15, 0.2) is 35.1 Å². The van der Waals surface area contributed by atoms with Crippen LogP contribution in [-0.2, 0) is 6.54 Å². The first-order valence-corrected chi connectivity index (χ1v) is 6.55. The minimum absolute atomic E-state index is 0.610. The molecule has 0 bridgehead atoms. The summed E-state index contributed by atoms with van der Waals surface area (Å²) >= 11 is 9.54. The average Bonchev–Trinajstić information content (AvgIpc) is 2.39. The van der Waals surface area contributed by atoms with Crippen LogP contribution in [-0.4, -0.2) is 17.0 Å². The minimum atomic E-state index is 0.610. The lowest BCUT2D eigenvalue weighted by molar-refractivity contribution is 1.07. The predicted octanol–water partition coefficient (Wildman–Crippen LogP) is 3.55. The molecule has 2 aromatic rings. The van der Waals surface area contributed by atoms with Gasteiger partial charge in [0.1, 0.15) is 22.4 Å². The summed E-state index contributed by atoms with van der Waals surface area (Å²) in [6, 6.07) is 7.71. The number of aromatic nitrogens is 2. The molecule has 0 fully saturated rings. The first-order chi connectivity index (χ1) is 8.72. The smallest absolute Gasteiger partial charge is 0.146 e. The summed E-state index contributed by atoms with van der Waals surface area (Å²) in [6.45, 7) is 0.610. The van der Waals surface area contributed by atoms with E-state index in [2.05, 4.69) is 36.5 Å². The van der Waals surface area contributed by atoms with E-state index >= 15 is 0 Å². The molecule has 0 aliphatic carbocycles. The molecule has 1 heterocycles. The zero-order chi connectivity index (χ0) is 13.0. The molecule has 6 heteroatoms. The van der Waals surface area contributed by atoms with Gasteiger partial charge < -0.3 is 10.6 Å². The van der Waals surface area contributed by atoms with Gasteiger partial charge in [-0.3, -0.25) is 0 Å². The highest BCUT2D eigenvalue weighted by Gasteiger charge is 2.07. The van der Waals surface area contributed by atoms with Crippen molar-refractivity contribution in [2.75, 3.05) is 17.7 Å². The first-order valence-electron chi connectivity index (χ1n) is 5.38. The van der Waals surface area contributed by atoms with Crippen molar-refractivity contribution < 1.29 is 0 Å². The van der Waals surface area contributed by atoms with Crippen molar-refractivity contribution in [2.45, 2.75) is 6.54 Å². The second-order valence-electron chi connectivity index (χ2n) is 3.58. The lowest BCUT2D eigenvalue weighted by atomic mass is 10.2. The van der Waals surface area contributed by atoms with Gasteiger partial charge in [-0.05, 0) is 27.6 Å². The summed E-state index contributed by atoms with van der Waals surface area (Å²) in [7, 11) is 1.81. The minimum Gasteiger partial charge on any atom is -0.372 e. The van der Waals surface area contributed by atoms with Crippen LogP contribution in [0, 0.1) is 0 Å². The molecule has 1 aromatic carbocycles. The Kier molecular flexibility index (Phi) is 4.38. The fourth-order valence-electron chi connectivity index (χ4n) is 1.49. The van der Waals surface area contributed by atoms with Crippen molar-refractivity contribution in [1.29, 1.82) is 0 Å². The quantitative estimate of drug-likeness (QED) is 0.902. The summed E-state index contributed by atoms with van der Waals surface area (Å²) in [5.41, 5.74) is 1.02. The summed E-state index contributed by atoms with van der Waals surface area (Å²) < 4.78 is 0.805. The van der Waals surface area contributed by atoms with Gasteiger partial charge in [-0.15, -0.1) is 0 Å². The van der Waals surface area contributed by atoms with E-state index < -0.39 is 0 Å². The number of benzene rings is 1. The van der Waals surface area contributed by atoms with Crippen LogP contribution in [0.4, 0.5) is 11.6 Å². The zero-order valence-electron chi connectivity index (χ0n) is 9.74. The maximum atomic E-state index is 6.09. The third-order valence-corrected chi connectivity index (χ3v) is 3.55.